The van der Waals surface area contributed by atoms with Gasteiger partial charge in [0.2, 0.25) is 5.91 Å². The summed E-state index contributed by atoms with van der Waals surface area (Å²) in [6.07, 6.45) is 1.25. The van der Waals surface area contributed by atoms with Gasteiger partial charge in [-0.25, -0.2) is 0 Å². The second-order valence-corrected chi connectivity index (χ2v) is 6.22. The molecule has 3 rings (SSSR count). The van der Waals surface area contributed by atoms with Gasteiger partial charge in [-0.1, -0.05) is 0 Å². The van der Waals surface area contributed by atoms with Crippen LogP contribution in [0.25, 0.3) is 0 Å². The van der Waals surface area contributed by atoms with Crippen molar-refractivity contribution in [2.75, 3.05) is 34.5 Å². The number of carbonyl (C=O) groups is 1. The summed E-state index contributed by atoms with van der Waals surface area (Å²) >= 11 is 0. The highest BCUT2D eigenvalue weighted by molar-refractivity contribution is 5.89. The van der Waals surface area contributed by atoms with Crippen LogP contribution in [0.5, 0.6) is 11.5 Å². The molecule has 1 atom stereocenters. The standard InChI is InChI=1S/C17H24N2O4/c1-11-9-13(21-3)14(22-4)10-12(11)15-18-17(16(20)19(15)2)5-7-23-8-6-17/h9-10,15,18H,5-8H2,1-4H3. The summed E-state index contributed by atoms with van der Waals surface area (Å²) in [6.45, 7) is 3.25. The molecule has 2 aliphatic rings. The molecular formula is C17H24N2O4. The SMILES string of the molecule is COc1cc(C)c(C2NC3(CCOCC3)C(=O)N2C)cc1OC. The Morgan fingerprint density at radius 1 is 1.22 bits per heavy atom. The van der Waals surface area contributed by atoms with Gasteiger partial charge >= 0.3 is 0 Å². The number of hydrogen-bond donors (Lipinski definition) is 1. The zero-order valence-electron chi connectivity index (χ0n) is 14.1. The third kappa shape index (κ3) is 2.56. The molecule has 23 heavy (non-hydrogen) atoms. The van der Waals surface area contributed by atoms with Crippen LogP contribution in [0, 0.1) is 6.92 Å². The van der Waals surface area contributed by atoms with E-state index in [1.165, 1.54) is 0 Å². The predicted molar refractivity (Wildman–Crippen MR) is 85.7 cm³/mol. The number of amides is 1. The molecule has 2 heterocycles. The van der Waals surface area contributed by atoms with Crippen LogP contribution in [-0.2, 0) is 9.53 Å². The number of aryl methyl sites for hydroxylation is 1. The molecule has 126 valence electrons. The van der Waals surface area contributed by atoms with E-state index < -0.39 is 5.54 Å². The molecule has 1 unspecified atom stereocenters. The van der Waals surface area contributed by atoms with E-state index in [1.54, 1.807) is 19.1 Å². The molecule has 0 saturated carbocycles. The smallest absolute Gasteiger partial charge is 0.244 e. The van der Waals surface area contributed by atoms with Gasteiger partial charge in [0, 0.05) is 20.3 Å². The number of carbonyl (C=O) groups excluding carboxylic acids is 1. The van der Waals surface area contributed by atoms with E-state index in [0.717, 1.165) is 11.1 Å². The molecule has 1 N–H and O–H groups in total. The van der Waals surface area contributed by atoms with Gasteiger partial charge in [0.05, 0.1) is 14.2 Å². The maximum Gasteiger partial charge on any atom is 0.244 e. The van der Waals surface area contributed by atoms with Crippen molar-refractivity contribution < 1.29 is 19.0 Å². The van der Waals surface area contributed by atoms with Crippen molar-refractivity contribution >= 4 is 5.91 Å². The fourth-order valence-corrected chi connectivity index (χ4v) is 3.53. The lowest BCUT2D eigenvalue weighted by Crippen LogP contribution is -2.50. The van der Waals surface area contributed by atoms with Crippen molar-refractivity contribution in [1.82, 2.24) is 10.2 Å². The average molecular weight is 320 g/mol. The fraction of sp³-hybridized carbons (Fsp3) is 0.588. The maximum absolute atomic E-state index is 12.8. The molecule has 1 aromatic carbocycles. The first-order chi connectivity index (χ1) is 11.0. The van der Waals surface area contributed by atoms with E-state index in [4.69, 9.17) is 14.2 Å². The van der Waals surface area contributed by atoms with Gasteiger partial charge in [0.25, 0.3) is 0 Å². The highest BCUT2D eigenvalue weighted by Gasteiger charge is 2.51. The highest BCUT2D eigenvalue weighted by Crippen LogP contribution is 2.39. The highest BCUT2D eigenvalue weighted by atomic mass is 16.5. The quantitative estimate of drug-likeness (QED) is 0.917. The largest absolute Gasteiger partial charge is 0.493 e. The molecule has 0 aliphatic carbocycles. The predicted octanol–water partition coefficient (Wildman–Crippen LogP) is 1.62. The van der Waals surface area contributed by atoms with Crippen molar-refractivity contribution in [2.24, 2.45) is 0 Å². The summed E-state index contributed by atoms with van der Waals surface area (Å²) in [4.78, 5) is 14.6. The van der Waals surface area contributed by atoms with E-state index in [-0.39, 0.29) is 12.1 Å². The number of nitrogens with zero attached hydrogens (tertiary/aromatic N) is 1. The topological polar surface area (TPSA) is 60.0 Å². The lowest BCUT2D eigenvalue weighted by Gasteiger charge is -2.31. The van der Waals surface area contributed by atoms with Gasteiger partial charge in [-0.3, -0.25) is 10.1 Å². The van der Waals surface area contributed by atoms with Crippen LogP contribution in [0.2, 0.25) is 0 Å². The third-order valence-corrected chi connectivity index (χ3v) is 4.94. The van der Waals surface area contributed by atoms with Crippen LogP contribution in [0.4, 0.5) is 0 Å². The molecule has 0 radical (unpaired) electrons. The Morgan fingerprint density at radius 3 is 2.43 bits per heavy atom. The van der Waals surface area contributed by atoms with Crippen molar-refractivity contribution in [2.45, 2.75) is 31.5 Å². The first kappa shape index (κ1) is 16.1. The van der Waals surface area contributed by atoms with Gasteiger partial charge in [0.15, 0.2) is 11.5 Å². The minimum atomic E-state index is -0.503. The number of methoxy groups -OCH3 is 2. The number of rotatable bonds is 3. The monoisotopic (exact) mass is 320 g/mol. The van der Waals surface area contributed by atoms with Crippen molar-refractivity contribution in [1.29, 1.82) is 0 Å². The molecule has 0 bridgehead atoms. The first-order valence-corrected chi connectivity index (χ1v) is 7.87. The minimum absolute atomic E-state index is 0.139. The molecule has 0 aromatic heterocycles. The number of ether oxygens (including phenoxy) is 3. The van der Waals surface area contributed by atoms with E-state index in [9.17, 15) is 4.79 Å². The minimum Gasteiger partial charge on any atom is -0.493 e. The van der Waals surface area contributed by atoms with E-state index in [2.05, 4.69) is 5.32 Å². The van der Waals surface area contributed by atoms with Crippen molar-refractivity contribution in [3.05, 3.63) is 23.3 Å². The Balaban J connectivity index is 1.97. The molecular weight excluding hydrogens is 296 g/mol. The van der Waals surface area contributed by atoms with Crippen LogP contribution < -0.4 is 14.8 Å². The van der Waals surface area contributed by atoms with Gasteiger partial charge in [-0.2, -0.15) is 0 Å². The molecule has 1 amide bonds. The number of hydrogen-bond acceptors (Lipinski definition) is 5. The second-order valence-electron chi connectivity index (χ2n) is 6.22. The van der Waals surface area contributed by atoms with Gasteiger partial charge < -0.3 is 19.1 Å². The third-order valence-electron chi connectivity index (χ3n) is 4.94. The van der Waals surface area contributed by atoms with E-state index >= 15 is 0 Å². The van der Waals surface area contributed by atoms with Crippen molar-refractivity contribution in [3.8, 4) is 11.5 Å². The molecule has 2 fully saturated rings. The molecule has 6 nitrogen and oxygen atoms in total. The van der Waals surface area contributed by atoms with Crippen LogP contribution in [0.1, 0.15) is 30.1 Å². The molecule has 1 aromatic rings. The lowest BCUT2D eigenvalue weighted by molar-refractivity contribution is -0.134. The fourth-order valence-electron chi connectivity index (χ4n) is 3.53. The lowest BCUT2D eigenvalue weighted by atomic mass is 9.90. The Morgan fingerprint density at radius 2 is 1.83 bits per heavy atom. The van der Waals surface area contributed by atoms with Crippen LogP contribution in [-0.4, -0.2) is 50.8 Å². The van der Waals surface area contributed by atoms with Gasteiger partial charge in [-0.15, -0.1) is 0 Å². The Kier molecular flexibility index (Phi) is 4.21. The Bertz CT molecular complexity index is 611. The van der Waals surface area contributed by atoms with E-state index in [1.807, 2.05) is 26.1 Å². The summed E-state index contributed by atoms with van der Waals surface area (Å²) < 4.78 is 16.2. The summed E-state index contributed by atoms with van der Waals surface area (Å²) in [5.41, 5.74) is 1.59. The maximum atomic E-state index is 12.8. The summed E-state index contributed by atoms with van der Waals surface area (Å²) in [5.74, 6) is 1.50. The second kappa shape index (κ2) is 6.02. The van der Waals surface area contributed by atoms with Crippen LogP contribution >= 0.6 is 0 Å². The van der Waals surface area contributed by atoms with Crippen LogP contribution in [0.15, 0.2) is 12.1 Å². The summed E-state index contributed by atoms with van der Waals surface area (Å²) in [7, 11) is 5.09. The Hall–Kier alpha value is -1.79. The molecule has 2 aliphatic heterocycles. The number of benzene rings is 1. The molecule has 2 saturated heterocycles. The molecule has 6 heteroatoms. The Labute approximate surface area is 136 Å². The zero-order valence-corrected chi connectivity index (χ0v) is 14.1. The number of likely N-dealkylation sites (N-methyl/N-ethyl adjacent to an activating group) is 1. The number of nitrogens with one attached hydrogen (secondary N) is 1. The zero-order chi connectivity index (χ0) is 16.6. The molecule has 1 spiro atoms. The van der Waals surface area contributed by atoms with Crippen molar-refractivity contribution in [3.63, 3.8) is 0 Å². The summed E-state index contributed by atoms with van der Waals surface area (Å²) in [5, 5.41) is 3.55. The summed E-state index contributed by atoms with van der Waals surface area (Å²) in [6, 6.07) is 3.90. The van der Waals surface area contributed by atoms with Gasteiger partial charge in [0.1, 0.15) is 11.7 Å². The first-order valence-electron chi connectivity index (χ1n) is 7.87. The van der Waals surface area contributed by atoms with Crippen LogP contribution in [0.3, 0.4) is 0 Å². The van der Waals surface area contributed by atoms with Gasteiger partial charge in [-0.05, 0) is 43.0 Å². The van der Waals surface area contributed by atoms with E-state index in [0.29, 0.717) is 37.6 Å². The normalized spacial score (nSPS) is 23.4. The average Bonchev–Trinajstić information content (AvgIpc) is 2.80.